The smallest absolute Gasteiger partial charge is 0.262 e. The van der Waals surface area contributed by atoms with Crippen molar-refractivity contribution in [3.05, 3.63) is 65.5 Å². The van der Waals surface area contributed by atoms with Gasteiger partial charge in [0.05, 0.1) is 6.21 Å². The number of hydrogen-bond acceptors (Lipinski definition) is 4. The Morgan fingerprint density at radius 2 is 1.77 bits per heavy atom. The van der Waals surface area contributed by atoms with Gasteiger partial charge in [-0.2, -0.15) is 5.10 Å². The van der Waals surface area contributed by atoms with Crippen LogP contribution in [0.5, 0.6) is 5.75 Å². The van der Waals surface area contributed by atoms with Crippen LogP contribution in [0.2, 0.25) is 0 Å². The quantitative estimate of drug-likeness (QED) is 0.548. The van der Waals surface area contributed by atoms with E-state index in [4.69, 9.17) is 0 Å². The van der Waals surface area contributed by atoms with Gasteiger partial charge in [-0.15, -0.1) is 0 Å². The number of benzene rings is 2. The van der Waals surface area contributed by atoms with Gasteiger partial charge in [-0.1, -0.05) is 26.0 Å². The number of amides is 2. The number of nitrogens with zero attached hydrogens (tertiary/aromatic N) is 1. The lowest BCUT2D eigenvalue weighted by molar-refractivity contribution is -0.123. The largest absolute Gasteiger partial charge is 0.507 e. The molecule has 1 unspecified atom stereocenters. The van der Waals surface area contributed by atoms with Gasteiger partial charge in [-0.05, 0) is 42.3 Å². The van der Waals surface area contributed by atoms with E-state index in [1.165, 1.54) is 36.5 Å². The molecule has 0 saturated carbocycles. The Hall–Kier alpha value is -3.22. The molecule has 0 saturated heterocycles. The molecular formula is C19H20FN3O3. The molecule has 0 aromatic heterocycles. The highest BCUT2D eigenvalue weighted by Gasteiger charge is 2.24. The lowest BCUT2D eigenvalue weighted by Crippen LogP contribution is -2.48. The molecule has 0 aliphatic carbocycles. The molecule has 0 radical (unpaired) electrons. The summed E-state index contributed by atoms with van der Waals surface area (Å²) in [6.45, 7) is 3.56. The van der Waals surface area contributed by atoms with Crippen LogP contribution in [0.25, 0.3) is 0 Å². The maximum atomic E-state index is 12.9. The van der Waals surface area contributed by atoms with Crippen molar-refractivity contribution in [1.82, 2.24) is 10.7 Å². The number of nitrogens with one attached hydrogen (secondary N) is 2. The summed E-state index contributed by atoms with van der Waals surface area (Å²) in [5.74, 6) is -1.58. The Morgan fingerprint density at radius 1 is 1.12 bits per heavy atom. The van der Waals surface area contributed by atoms with E-state index >= 15 is 0 Å². The third-order valence-electron chi connectivity index (χ3n) is 3.66. The van der Waals surface area contributed by atoms with Crippen molar-refractivity contribution in [2.75, 3.05) is 0 Å². The number of carbonyl (C=O) groups excluding carboxylic acids is 2. The van der Waals surface area contributed by atoms with E-state index in [-0.39, 0.29) is 17.2 Å². The lowest BCUT2D eigenvalue weighted by Gasteiger charge is -2.20. The Balaban J connectivity index is 2.02. The maximum absolute atomic E-state index is 12.9. The Bertz CT molecular complexity index is 804. The summed E-state index contributed by atoms with van der Waals surface area (Å²) in [5.41, 5.74) is 3.05. The van der Waals surface area contributed by atoms with Crippen molar-refractivity contribution in [1.29, 1.82) is 0 Å². The van der Waals surface area contributed by atoms with Crippen LogP contribution in [-0.2, 0) is 4.79 Å². The number of carbonyl (C=O) groups is 2. The molecular weight excluding hydrogens is 337 g/mol. The molecule has 1 atom stereocenters. The predicted molar refractivity (Wildman–Crippen MR) is 96.3 cm³/mol. The van der Waals surface area contributed by atoms with E-state index in [1.54, 1.807) is 32.0 Å². The standard InChI is InChI=1S/C19H20FN3O3/c1-12(2)17(22-18(25)13-7-9-15(20)10-8-13)19(26)23-21-11-14-5-3-4-6-16(14)24/h3-12,17,24H,1-2H3,(H,22,25)(H,23,26)/b21-11+. The van der Waals surface area contributed by atoms with Gasteiger partial charge in [0, 0.05) is 11.1 Å². The summed E-state index contributed by atoms with van der Waals surface area (Å²) in [6, 6.07) is 10.8. The minimum Gasteiger partial charge on any atom is -0.507 e. The summed E-state index contributed by atoms with van der Waals surface area (Å²) in [7, 11) is 0. The first-order valence-corrected chi connectivity index (χ1v) is 8.06. The minimum absolute atomic E-state index is 0.0375. The fraction of sp³-hybridized carbons (Fsp3) is 0.211. The third-order valence-corrected chi connectivity index (χ3v) is 3.66. The van der Waals surface area contributed by atoms with Crippen molar-refractivity contribution in [3.63, 3.8) is 0 Å². The number of phenols is 1. The summed E-state index contributed by atoms with van der Waals surface area (Å²) in [5, 5.41) is 16.1. The van der Waals surface area contributed by atoms with Crippen molar-refractivity contribution >= 4 is 18.0 Å². The van der Waals surface area contributed by atoms with Crippen LogP contribution in [0.15, 0.2) is 53.6 Å². The molecule has 0 fully saturated rings. The number of hydrazone groups is 1. The molecule has 2 rings (SSSR count). The first-order valence-electron chi connectivity index (χ1n) is 8.06. The second-order valence-corrected chi connectivity index (χ2v) is 6.00. The molecule has 0 bridgehead atoms. The average Bonchev–Trinajstić information content (AvgIpc) is 2.61. The first kappa shape index (κ1) is 19.1. The zero-order chi connectivity index (χ0) is 19.1. The maximum Gasteiger partial charge on any atom is 0.262 e. The molecule has 2 aromatic carbocycles. The molecule has 136 valence electrons. The van der Waals surface area contributed by atoms with E-state index in [2.05, 4.69) is 15.8 Å². The van der Waals surface area contributed by atoms with Crippen LogP contribution < -0.4 is 10.7 Å². The van der Waals surface area contributed by atoms with E-state index in [1.807, 2.05) is 0 Å². The molecule has 0 aliphatic heterocycles. The minimum atomic E-state index is -0.825. The zero-order valence-corrected chi connectivity index (χ0v) is 14.4. The summed E-state index contributed by atoms with van der Waals surface area (Å²) < 4.78 is 12.9. The topological polar surface area (TPSA) is 90.8 Å². The van der Waals surface area contributed by atoms with Gasteiger partial charge < -0.3 is 10.4 Å². The molecule has 26 heavy (non-hydrogen) atoms. The Labute approximate surface area is 150 Å². The Morgan fingerprint density at radius 3 is 2.38 bits per heavy atom. The second-order valence-electron chi connectivity index (χ2n) is 6.00. The molecule has 7 heteroatoms. The molecule has 2 amide bonds. The van der Waals surface area contributed by atoms with Gasteiger partial charge in [0.1, 0.15) is 17.6 Å². The number of halogens is 1. The van der Waals surface area contributed by atoms with Gasteiger partial charge >= 0.3 is 0 Å². The Kier molecular flexibility index (Phi) is 6.43. The van der Waals surface area contributed by atoms with E-state index in [0.29, 0.717) is 5.56 Å². The van der Waals surface area contributed by atoms with Crippen LogP contribution >= 0.6 is 0 Å². The number of hydrogen-bond donors (Lipinski definition) is 3. The number of aromatic hydroxyl groups is 1. The zero-order valence-electron chi connectivity index (χ0n) is 14.4. The van der Waals surface area contributed by atoms with Gasteiger partial charge in [0.2, 0.25) is 0 Å². The van der Waals surface area contributed by atoms with Crippen LogP contribution in [-0.4, -0.2) is 29.2 Å². The number of para-hydroxylation sites is 1. The van der Waals surface area contributed by atoms with Crippen molar-refractivity contribution in [2.24, 2.45) is 11.0 Å². The molecule has 0 heterocycles. The summed E-state index contributed by atoms with van der Waals surface area (Å²) in [4.78, 5) is 24.5. The SMILES string of the molecule is CC(C)C(NC(=O)c1ccc(F)cc1)C(=O)N/N=C/c1ccccc1O. The second kappa shape index (κ2) is 8.75. The van der Waals surface area contributed by atoms with Crippen LogP contribution in [0, 0.1) is 11.7 Å². The highest BCUT2D eigenvalue weighted by molar-refractivity contribution is 5.97. The van der Waals surface area contributed by atoms with Crippen molar-refractivity contribution < 1.29 is 19.1 Å². The van der Waals surface area contributed by atoms with Gasteiger partial charge in [0.25, 0.3) is 11.8 Å². The van der Waals surface area contributed by atoms with E-state index in [0.717, 1.165) is 0 Å². The normalized spacial score (nSPS) is 12.2. The van der Waals surface area contributed by atoms with Gasteiger partial charge in [0.15, 0.2) is 0 Å². The molecule has 0 spiro atoms. The summed E-state index contributed by atoms with van der Waals surface area (Å²) in [6.07, 6.45) is 1.31. The molecule has 2 aromatic rings. The first-order chi connectivity index (χ1) is 12.4. The fourth-order valence-corrected chi connectivity index (χ4v) is 2.19. The van der Waals surface area contributed by atoms with Crippen LogP contribution in [0.4, 0.5) is 4.39 Å². The van der Waals surface area contributed by atoms with E-state index in [9.17, 15) is 19.1 Å². The van der Waals surface area contributed by atoms with Crippen molar-refractivity contribution in [2.45, 2.75) is 19.9 Å². The van der Waals surface area contributed by atoms with E-state index < -0.39 is 23.7 Å². The highest BCUT2D eigenvalue weighted by atomic mass is 19.1. The molecule has 3 N–H and O–H groups in total. The molecule has 6 nitrogen and oxygen atoms in total. The summed E-state index contributed by atoms with van der Waals surface area (Å²) >= 11 is 0. The predicted octanol–water partition coefficient (Wildman–Crippen LogP) is 2.44. The third kappa shape index (κ3) is 5.14. The number of phenolic OH excluding ortho intramolecular Hbond substituents is 1. The monoisotopic (exact) mass is 357 g/mol. The lowest BCUT2D eigenvalue weighted by atomic mass is 10.0. The average molecular weight is 357 g/mol. The highest BCUT2D eigenvalue weighted by Crippen LogP contribution is 2.12. The fourth-order valence-electron chi connectivity index (χ4n) is 2.19. The van der Waals surface area contributed by atoms with Crippen LogP contribution in [0.1, 0.15) is 29.8 Å². The van der Waals surface area contributed by atoms with Crippen molar-refractivity contribution in [3.8, 4) is 5.75 Å². The molecule has 0 aliphatic rings. The van der Waals surface area contributed by atoms with Gasteiger partial charge in [-0.3, -0.25) is 9.59 Å². The van der Waals surface area contributed by atoms with Gasteiger partial charge in [-0.25, -0.2) is 9.82 Å². The van der Waals surface area contributed by atoms with Crippen LogP contribution in [0.3, 0.4) is 0 Å². The number of rotatable bonds is 6.